The maximum absolute atomic E-state index is 14.0. The van der Waals surface area contributed by atoms with Gasteiger partial charge in [0.25, 0.3) is 5.91 Å². The van der Waals surface area contributed by atoms with Gasteiger partial charge in [-0.15, -0.1) is 0 Å². The van der Waals surface area contributed by atoms with E-state index in [9.17, 15) is 9.18 Å². The number of likely N-dealkylation sites (N-methyl/N-ethyl adjacent to an activating group) is 1. The van der Waals surface area contributed by atoms with Crippen LogP contribution in [0.4, 0.5) is 10.1 Å². The molecule has 1 unspecified atom stereocenters. The van der Waals surface area contributed by atoms with Crippen LogP contribution in [0.1, 0.15) is 35.8 Å². The summed E-state index contributed by atoms with van der Waals surface area (Å²) in [5.41, 5.74) is 2.30. The van der Waals surface area contributed by atoms with E-state index in [1.54, 1.807) is 30.3 Å². The lowest BCUT2D eigenvalue weighted by Crippen LogP contribution is -2.46. The van der Waals surface area contributed by atoms with Crippen molar-refractivity contribution in [3.8, 4) is 5.75 Å². The van der Waals surface area contributed by atoms with Gasteiger partial charge in [-0.05, 0) is 55.9 Å². The van der Waals surface area contributed by atoms with Crippen molar-refractivity contribution in [1.29, 1.82) is 0 Å². The predicted octanol–water partition coefficient (Wildman–Crippen LogP) is 4.02. The molecule has 1 amide bonds. The molecule has 1 N–H and O–H groups in total. The highest BCUT2D eigenvalue weighted by Gasteiger charge is 2.22. The number of nitrogens with one attached hydrogen (secondary N) is 1. The minimum Gasteiger partial charge on any atom is -0.490 e. The number of carbonyl (C=O) groups excluding carboxylic acids is 1. The largest absolute Gasteiger partial charge is 0.490 e. The average molecular weight is 412 g/mol. The number of nitrogens with zero attached hydrogens (tertiary/aromatic N) is 2. The number of halogens is 1. The normalized spacial score (nSPS) is 15.5. The van der Waals surface area contributed by atoms with Gasteiger partial charge in [0.2, 0.25) is 0 Å². The Morgan fingerprint density at radius 2 is 1.90 bits per heavy atom. The van der Waals surface area contributed by atoms with Gasteiger partial charge in [0.1, 0.15) is 18.2 Å². The van der Waals surface area contributed by atoms with Crippen molar-refractivity contribution in [3.05, 3.63) is 72.1 Å². The molecule has 5 nitrogen and oxygen atoms in total. The Balaban J connectivity index is 1.71. The summed E-state index contributed by atoms with van der Waals surface area (Å²) >= 11 is 0. The number of anilines is 1. The van der Waals surface area contributed by atoms with Crippen molar-refractivity contribution >= 4 is 11.6 Å². The Morgan fingerprint density at radius 3 is 2.53 bits per heavy atom. The average Bonchev–Trinajstić information content (AvgIpc) is 2.78. The summed E-state index contributed by atoms with van der Waals surface area (Å²) in [6.07, 6.45) is 1.67. The minimum atomic E-state index is -0.330. The van der Waals surface area contributed by atoms with E-state index < -0.39 is 0 Å². The number of hydrogen-bond acceptors (Lipinski definition) is 4. The first kappa shape index (κ1) is 21.8. The Labute approximate surface area is 178 Å². The molecule has 1 fully saturated rings. The topological polar surface area (TPSA) is 44.8 Å². The van der Waals surface area contributed by atoms with Gasteiger partial charge in [-0.2, -0.15) is 0 Å². The second kappa shape index (κ2) is 10.3. The van der Waals surface area contributed by atoms with Crippen molar-refractivity contribution in [3.63, 3.8) is 0 Å². The van der Waals surface area contributed by atoms with Crippen LogP contribution in [0.3, 0.4) is 0 Å². The zero-order valence-electron chi connectivity index (χ0n) is 17.7. The molecule has 1 saturated heterocycles. The van der Waals surface area contributed by atoms with Gasteiger partial charge in [-0.25, -0.2) is 4.39 Å². The predicted molar refractivity (Wildman–Crippen MR) is 119 cm³/mol. The third-order valence-electron chi connectivity index (χ3n) is 5.45. The first-order valence-electron chi connectivity index (χ1n) is 10.4. The van der Waals surface area contributed by atoms with Gasteiger partial charge < -0.3 is 19.9 Å². The molecule has 1 atom stereocenters. The quantitative estimate of drug-likeness (QED) is 0.667. The van der Waals surface area contributed by atoms with Crippen molar-refractivity contribution in [2.24, 2.45) is 0 Å². The Hall–Kier alpha value is -2.86. The van der Waals surface area contributed by atoms with Gasteiger partial charge in [0.15, 0.2) is 0 Å². The van der Waals surface area contributed by atoms with Crippen LogP contribution in [0.5, 0.6) is 5.75 Å². The maximum Gasteiger partial charge on any atom is 0.251 e. The van der Waals surface area contributed by atoms with Crippen molar-refractivity contribution in [2.75, 3.05) is 44.2 Å². The molecule has 160 valence electrons. The first-order chi connectivity index (χ1) is 14.5. The summed E-state index contributed by atoms with van der Waals surface area (Å²) in [4.78, 5) is 17.4. The number of ether oxygens (including phenoxy) is 1. The Morgan fingerprint density at radius 1 is 1.20 bits per heavy atom. The van der Waals surface area contributed by atoms with E-state index in [1.807, 2.05) is 13.0 Å². The van der Waals surface area contributed by atoms with Gasteiger partial charge in [0, 0.05) is 43.0 Å². The molecule has 1 heterocycles. The number of hydrogen-bond donors (Lipinski definition) is 1. The minimum absolute atomic E-state index is 0.205. The van der Waals surface area contributed by atoms with Crippen LogP contribution in [0.25, 0.3) is 0 Å². The number of rotatable bonds is 8. The molecule has 2 aromatic carbocycles. The second-order valence-corrected chi connectivity index (χ2v) is 7.44. The lowest BCUT2D eigenvalue weighted by atomic mass is 10.0. The highest BCUT2D eigenvalue weighted by molar-refractivity contribution is 5.94. The Kier molecular flexibility index (Phi) is 7.46. The zero-order chi connectivity index (χ0) is 21.5. The van der Waals surface area contributed by atoms with Crippen LogP contribution in [0.15, 0.2) is 55.1 Å². The number of amides is 1. The zero-order valence-corrected chi connectivity index (χ0v) is 17.7. The van der Waals surface area contributed by atoms with E-state index in [4.69, 9.17) is 4.74 Å². The van der Waals surface area contributed by atoms with Crippen molar-refractivity contribution in [2.45, 2.75) is 19.9 Å². The first-order valence-corrected chi connectivity index (χ1v) is 10.4. The molecule has 0 radical (unpaired) electrons. The molecule has 1 aliphatic heterocycles. The fourth-order valence-electron chi connectivity index (χ4n) is 3.68. The standard InChI is InChI=1S/C24H30FN3O2/c1-4-16-30-21-9-6-19(7-10-21)24(29)26-18(3)22-17-20(25)8-11-23(22)28-14-12-27(5-2)13-15-28/h4,6-11,17-18H,1,5,12-16H2,2-3H3,(H,26,29). The Bertz CT molecular complexity index is 861. The van der Waals surface area contributed by atoms with Crippen LogP contribution in [0, 0.1) is 5.82 Å². The van der Waals surface area contributed by atoms with Crippen LogP contribution >= 0.6 is 0 Å². The third kappa shape index (κ3) is 5.39. The van der Waals surface area contributed by atoms with E-state index in [-0.39, 0.29) is 17.8 Å². The van der Waals surface area contributed by atoms with Crippen molar-refractivity contribution in [1.82, 2.24) is 10.2 Å². The van der Waals surface area contributed by atoms with Crippen molar-refractivity contribution < 1.29 is 13.9 Å². The van der Waals surface area contributed by atoms with Gasteiger partial charge >= 0.3 is 0 Å². The molecular weight excluding hydrogens is 381 g/mol. The summed E-state index contributed by atoms with van der Waals surface area (Å²) in [6, 6.07) is 11.5. The number of benzene rings is 2. The molecule has 0 spiro atoms. The summed E-state index contributed by atoms with van der Waals surface area (Å²) in [5, 5.41) is 3.00. The van der Waals surface area contributed by atoms with Crippen LogP contribution < -0.4 is 15.0 Å². The molecule has 0 bridgehead atoms. The molecule has 0 aliphatic carbocycles. The van der Waals surface area contributed by atoms with Crippen LogP contribution in [-0.4, -0.2) is 50.1 Å². The third-order valence-corrected chi connectivity index (χ3v) is 5.45. The summed E-state index contributed by atoms with van der Waals surface area (Å²) in [5.74, 6) is 0.174. The fraction of sp³-hybridized carbons (Fsp3) is 0.375. The lowest BCUT2D eigenvalue weighted by Gasteiger charge is -2.37. The SMILES string of the molecule is C=CCOc1ccc(C(=O)NC(C)c2cc(F)ccc2N2CCN(CC)CC2)cc1. The second-order valence-electron chi connectivity index (χ2n) is 7.44. The fourth-order valence-corrected chi connectivity index (χ4v) is 3.68. The van der Waals surface area contributed by atoms with Crippen LogP contribution in [0.2, 0.25) is 0 Å². The molecule has 3 rings (SSSR count). The number of piperazine rings is 1. The van der Waals surface area contributed by atoms with E-state index in [0.29, 0.717) is 17.9 Å². The number of carbonyl (C=O) groups is 1. The van der Waals surface area contributed by atoms with Gasteiger partial charge in [-0.1, -0.05) is 19.6 Å². The lowest BCUT2D eigenvalue weighted by molar-refractivity contribution is 0.0940. The molecule has 1 aliphatic rings. The van der Waals surface area contributed by atoms with E-state index in [2.05, 4.69) is 28.6 Å². The maximum atomic E-state index is 14.0. The van der Waals surface area contributed by atoms with E-state index in [1.165, 1.54) is 12.1 Å². The van der Waals surface area contributed by atoms with Crippen LogP contribution in [-0.2, 0) is 0 Å². The van der Waals surface area contributed by atoms with Gasteiger partial charge in [-0.3, -0.25) is 4.79 Å². The molecule has 0 aromatic heterocycles. The molecule has 2 aromatic rings. The smallest absolute Gasteiger partial charge is 0.251 e. The molecule has 30 heavy (non-hydrogen) atoms. The molecular formula is C24H30FN3O2. The summed E-state index contributed by atoms with van der Waals surface area (Å²) in [7, 11) is 0. The van der Waals surface area contributed by atoms with Gasteiger partial charge in [0.05, 0.1) is 6.04 Å². The highest BCUT2D eigenvalue weighted by atomic mass is 19.1. The van der Waals surface area contributed by atoms with E-state index >= 15 is 0 Å². The highest BCUT2D eigenvalue weighted by Crippen LogP contribution is 2.28. The summed E-state index contributed by atoms with van der Waals surface area (Å²) in [6.45, 7) is 12.9. The summed E-state index contributed by atoms with van der Waals surface area (Å²) < 4.78 is 19.5. The molecule has 6 heteroatoms. The monoisotopic (exact) mass is 411 g/mol. The van der Waals surface area contributed by atoms with E-state index in [0.717, 1.165) is 44.0 Å². The molecule has 0 saturated carbocycles.